The molecule has 0 amide bonds. The molecule has 0 aliphatic rings. The molecule has 0 bridgehead atoms. The summed E-state index contributed by atoms with van der Waals surface area (Å²) in [6, 6.07) is 0. The molecule has 10 heteroatoms. The van der Waals surface area contributed by atoms with Crippen molar-refractivity contribution in [2.75, 3.05) is 66.8 Å². The van der Waals surface area contributed by atoms with Gasteiger partial charge in [0.15, 0.2) is 5.96 Å². The van der Waals surface area contributed by atoms with Crippen molar-refractivity contribution in [3.05, 3.63) is 0 Å². The second kappa shape index (κ2) is 15.4. The Balaban J connectivity index is 0. The van der Waals surface area contributed by atoms with E-state index in [0.29, 0.717) is 19.5 Å². The van der Waals surface area contributed by atoms with Crippen LogP contribution in [-0.2, 0) is 14.8 Å². The van der Waals surface area contributed by atoms with Gasteiger partial charge < -0.3 is 20.3 Å². The number of rotatable bonds is 12. The third-order valence-electron chi connectivity index (χ3n) is 2.91. The Kier molecular flexibility index (Phi) is 16.7. The van der Waals surface area contributed by atoms with E-state index in [1.807, 2.05) is 0 Å². The highest BCUT2D eigenvalue weighted by molar-refractivity contribution is 14.0. The first-order valence-electron chi connectivity index (χ1n) is 7.45. The van der Waals surface area contributed by atoms with Gasteiger partial charge in [-0.1, -0.05) is 0 Å². The fourth-order valence-electron chi connectivity index (χ4n) is 1.73. The number of nitrogens with zero attached hydrogens (tertiary/aromatic N) is 2. The molecule has 3 N–H and O–H groups in total. The van der Waals surface area contributed by atoms with Gasteiger partial charge in [-0.25, -0.2) is 13.1 Å². The number of hydrogen-bond acceptors (Lipinski definition) is 5. The Morgan fingerprint density at radius 2 is 1.78 bits per heavy atom. The van der Waals surface area contributed by atoms with Crippen LogP contribution in [0.3, 0.4) is 0 Å². The minimum atomic E-state index is -3.10. The number of ether oxygens (including phenoxy) is 1. The molecule has 0 atom stereocenters. The number of likely N-dealkylation sites (N-methyl/N-ethyl adjacent to an activating group) is 1. The van der Waals surface area contributed by atoms with Crippen molar-refractivity contribution >= 4 is 40.0 Å². The van der Waals surface area contributed by atoms with Crippen molar-refractivity contribution in [3.63, 3.8) is 0 Å². The average Bonchev–Trinajstić information content (AvgIpc) is 2.44. The second-order valence-electron chi connectivity index (χ2n) is 5.10. The number of hydrogen-bond donors (Lipinski definition) is 3. The zero-order valence-corrected chi connectivity index (χ0v) is 17.7. The number of nitrogens with one attached hydrogen (secondary N) is 3. The minimum absolute atomic E-state index is 0. The third-order valence-corrected chi connectivity index (χ3v) is 3.64. The Hall–Kier alpha value is -0.170. The van der Waals surface area contributed by atoms with E-state index in [2.05, 4.69) is 32.3 Å². The second-order valence-corrected chi connectivity index (χ2v) is 6.93. The molecule has 0 unspecified atom stereocenters. The molecule has 0 aliphatic heterocycles. The summed E-state index contributed by atoms with van der Waals surface area (Å²) in [4.78, 5) is 6.36. The smallest absolute Gasteiger partial charge is 0.208 e. The van der Waals surface area contributed by atoms with Crippen LogP contribution >= 0.6 is 24.0 Å². The van der Waals surface area contributed by atoms with Crippen LogP contribution in [0.1, 0.15) is 12.8 Å². The van der Waals surface area contributed by atoms with E-state index in [0.717, 1.165) is 44.9 Å². The summed E-state index contributed by atoms with van der Waals surface area (Å²) in [5.74, 6) is 0.727. The molecule has 0 aromatic rings. The van der Waals surface area contributed by atoms with Crippen molar-refractivity contribution in [2.24, 2.45) is 4.99 Å². The molecule has 0 spiro atoms. The first-order valence-corrected chi connectivity index (χ1v) is 9.35. The highest BCUT2D eigenvalue weighted by atomic mass is 127. The Labute approximate surface area is 157 Å². The zero-order valence-electron chi connectivity index (χ0n) is 14.6. The predicted octanol–water partition coefficient (Wildman–Crippen LogP) is -0.323. The van der Waals surface area contributed by atoms with Gasteiger partial charge >= 0.3 is 0 Å². The summed E-state index contributed by atoms with van der Waals surface area (Å²) in [6.45, 7) is 4.57. The number of methoxy groups -OCH3 is 1. The maximum Gasteiger partial charge on any atom is 0.208 e. The van der Waals surface area contributed by atoms with Gasteiger partial charge in [-0.05, 0) is 19.9 Å². The van der Waals surface area contributed by atoms with Crippen LogP contribution in [0.5, 0.6) is 0 Å². The Morgan fingerprint density at radius 1 is 1.13 bits per heavy atom. The van der Waals surface area contributed by atoms with E-state index in [1.54, 1.807) is 14.2 Å². The molecule has 23 heavy (non-hydrogen) atoms. The minimum Gasteiger partial charge on any atom is -0.385 e. The van der Waals surface area contributed by atoms with E-state index in [4.69, 9.17) is 4.74 Å². The van der Waals surface area contributed by atoms with Crippen molar-refractivity contribution in [2.45, 2.75) is 12.8 Å². The number of sulfonamides is 1. The molecular formula is C13H32IN5O3S. The van der Waals surface area contributed by atoms with Crippen molar-refractivity contribution in [1.82, 2.24) is 20.3 Å². The molecule has 0 radical (unpaired) electrons. The fraction of sp³-hybridized carbons (Fsp3) is 0.923. The first-order chi connectivity index (χ1) is 10.4. The number of aliphatic imine (C=N–C) groups is 1. The van der Waals surface area contributed by atoms with Crippen LogP contribution in [0.4, 0.5) is 0 Å². The van der Waals surface area contributed by atoms with E-state index in [-0.39, 0.29) is 24.0 Å². The quantitative estimate of drug-likeness (QED) is 0.158. The molecule has 0 fully saturated rings. The molecule has 8 nitrogen and oxygen atoms in total. The molecule has 0 saturated carbocycles. The van der Waals surface area contributed by atoms with Gasteiger partial charge in [0, 0.05) is 53.5 Å². The topological polar surface area (TPSA) is 95.1 Å². The van der Waals surface area contributed by atoms with Crippen LogP contribution in [0.15, 0.2) is 4.99 Å². The number of halogens is 1. The summed E-state index contributed by atoms with van der Waals surface area (Å²) in [5.41, 5.74) is 0. The predicted molar refractivity (Wildman–Crippen MR) is 106 cm³/mol. The SMILES string of the molecule is CN=C(NCCCNS(C)(=O)=O)NCCN(C)CCCOC.I. The molecule has 0 saturated heterocycles. The van der Waals surface area contributed by atoms with E-state index < -0.39 is 10.0 Å². The highest BCUT2D eigenvalue weighted by Crippen LogP contribution is 1.87. The lowest BCUT2D eigenvalue weighted by Crippen LogP contribution is -2.42. The lowest BCUT2D eigenvalue weighted by Gasteiger charge is -2.18. The molecular weight excluding hydrogens is 433 g/mol. The zero-order chi connectivity index (χ0) is 16.8. The van der Waals surface area contributed by atoms with Crippen molar-refractivity contribution in [3.8, 4) is 0 Å². The summed E-state index contributed by atoms with van der Waals surface area (Å²) in [7, 11) is 2.40. The number of guanidine groups is 1. The largest absolute Gasteiger partial charge is 0.385 e. The average molecular weight is 465 g/mol. The third kappa shape index (κ3) is 18.0. The van der Waals surface area contributed by atoms with Crippen LogP contribution in [0.25, 0.3) is 0 Å². The van der Waals surface area contributed by atoms with Gasteiger partial charge in [0.1, 0.15) is 0 Å². The van der Waals surface area contributed by atoms with E-state index in [1.165, 1.54) is 0 Å². The lowest BCUT2D eigenvalue weighted by molar-refractivity contribution is 0.180. The molecule has 0 aromatic carbocycles. The maximum absolute atomic E-state index is 10.9. The normalized spacial score (nSPS) is 12.1. The summed E-state index contributed by atoms with van der Waals surface area (Å²) in [5, 5.41) is 6.37. The summed E-state index contributed by atoms with van der Waals surface area (Å²) >= 11 is 0. The van der Waals surface area contributed by atoms with Crippen LogP contribution in [0.2, 0.25) is 0 Å². The fourth-order valence-corrected chi connectivity index (χ4v) is 2.24. The lowest BCUT2D eigenvalue weighted by atomic mass is 10.4. The van der Waals surface area contributed by atoms with Gasteiger partial charge in [-0.15, -0.1) is 24.0 Å². The van der Waals surface area contributed by atoms with Crippen LogP contribution in [0, 0.1) is 0 Å². The van der Waals surface area contributed by atoms with Gasteiger partial charge in [-0.2, -0.15) is 0 Å². The Bertz CT molecular complexity index is 406. The monoisotopic (exact) mass is 465 g/mol. The highest BCUT2D eigenvalue weighted by Gasteiger charge is 2.01. The van der Waals surface area contributed by atoms with Crippen molar-refractivity contribution in [1.29, 1.82) is 0 Å². The van der Waals surface area contributed by atoms with Crippen molar-refractivity contribution < 1.29 is 13.2 Å². The van der Waals surface area contributed by atoms with Crippen LogP contribution in [-0.4, -0.2) is 86.1 Å². The van der Waals surface area contributed by atoms with E-state index in [9.17, 15) is 8.42 Å². The molecule has 0 heterocycles. The maximum atomic E-state index is 10.9. The van der Waals surface area contributed by atoms with Crippen LogP contribution < -0.4 is 15.4 Å². The van der Waals surface area contributed by atoms with E-state index >= 15 is 0 Å². The van der Waals surface area contributed by atoms with Gasteiger partial charge in [0.25, 0.3) is 0 Å². The molecule has 0 rings (SSSR count). The standard InChI is InChI=1S/C13H31N5O3S.HI/c1-14-13(15-7-5-8-17-22(4,19)20)16-9-11-18(2)10-6-12-21-3;/h17H,5-12H2,1-4H3,(H2,14,15,16);1H. The molecule has 0 aliphatic carbocycles. The summed E-state index contributed by atoms with van der Waals surface area (Å²) < 4.78 is 29.3. The molecule has 0 aromatic heterocycles. The summed E-state index contributed by atoms with van der Waals surface area (Å²) in [6.07, 6.45) is 2.88. The van der Waals surface area contributed by atoms with Gasteiger partial charge in [0.2, 0.25) is 10.0 Å². The Morgan fingerprint density at radius 3 is 2.35 bits per heavy atom. The molecule has 140 valence electrons. The van der Waals surface area contributed by atoms with Gasteiger partial charge in [-0.3, -0.25) is 4.99 Å². The first kappa shape index (κ1) is 25.1. The van der Waals surface area contributed by atoms with Gasteiger partial charge in [0.05, 0.1) is 6.26 Å².